The normalized spacial score (nSPS) is 9.74. The Balaban J connectivity index is 2.79. The number of nitrogens with zero attached hydrogens (tertiary/aromatic N) is 1. The Kier molecular flexibility index (Phi) is 4.81. The highest BCUT2D eigenvalue weighted by atomic mass is 16.6. The molecule has 0 spiro atoms. The number of anilines is 1. The first-order valence-corrected chi connectivity index (χ1v) is 5.43. The fraction of sp³-hybridized carbons (Fsp3) is 0.273. The number of nitro benzene ring substituents is 1. The molecule has 0 saturated carbocycles. The molecule has 0 saturated heterocycles. The van der Waals surface area contributed by atoms with Gasteiger partial charge in [-0.25, -0.2) is 0 Å². The van der Waals surface area contributed by atoms with E-state index in [0.29, 0.717) is 0 Å². The van der Waals surface area contributed by atoms with Gasteiger partial charge in [0.25, 0.3) is 11.6 Å². The second kappa shape index (κ2) is 6.34. The number of hydrogen-bond acceptors (Lipinski definition) is 6. The summed E-state index contributed by atoms with van der Waals surface area (Å²) in [4.78, 5) is 32.7. The van der Waals surface area contributed by atoms with Crippen LogP contribution in [0.1, 0.15) is 17.3 Å². The molecule has 0 aliphatic heterocycles. The molecule has 0 unspecified atom stereocenters. The maximum Gasteiger partial charge on any atom is 0.325 e. The number of rotatable bonds is 5. The molecule has 0 heterocycles. The lowest BCUT2D eigenvalue weighted by Gasteiger charge is -2.07. The third-order valence-electron chi connectivity index (χ3n) is 2.19. The average Bonchev–Trinajstić information content (AvgIpc) is 2.36. The minimum absolute atomic E-state index is 0.0569. The fourth-order valence-corrected chi connectivity index (χ4v) is 1.31. The number of amides is 1. The highest BCUT2D eigenvalue weighted by molar-refractivity contribution is 6.00. The van der Waals surface area contributed by atoms with E-state index in [-0.39, 0.29) is 30.1 Å². The lowest BCUT2D eigenvalue weighted by molar-refractivity contribution is -0.384. The van der Waals surface area contributed by atoms with Crippen LogP contribution < -0.4 is 11.1 Å². The monoisotopic (exact) mass is 267 g/mol. The molecule has 102 valence electrons. The summed E-state index contributed by atoms with van der Waals surface area (Å²) in [5, 5.41) is 12.9. The molecule has 0 bridgehead atoms. The van der Waals surface area contributed by atoms with Crippen molar-refractivity contribution in [2.75, 3.05) is 18.9 Å². The van der Waals surface area contributed by atoms with Crippen molar-refractivity contribution in [2.45, 2.75) is 6.92 Å². The van der Waals surface area contributed by atoms with Crippen molar-refractivity contribution < 1.29 is 19.2 Å². The Hall–Kier alpha value is -2.64. The molecule has 0 fully saturated rings. The van der Waals surface area contributed by atoms with Gasteiger partial charge >= 0.3 is 5.97 Å². The van der Waals surface area contributed by atoms with Gasteiger partial charge < -0.3 is 15.8 Å². The maximum atomic E-state index is 11.7. The summed E-state index contributed by atoms with van der Waals surface area (Å²) in [6.45, 7) is 1.51. The summed E-state index contributed by atoms with van der Waals surface area (Å²) in [6.07, 6.45) is 0. The second-order valence-electron chi connectivity index (χ2n) is 3.52. The number of carbonyl (C=O) groups excluding carboxylic acids is 2. The van der Waals surface area contributed by atoms with E-state index in [0.717, 1.165) is 6.07 Å². The summed E-state index contributed by atoms with van der Waals surface area (Å²) in [7, 11) is 0. The minimum atomic E-state index is -0.672. The van der Waals surface area contributed by atoms with E-state index in [4.69, 9.17) is 5.73 Å². The van der Waals surface area contributed by atoms with Crippen molar-refractivity contribution in [3.05, 3.63) is 33.9 Å². The van der Waals surface area contributed by atoms with Crippen molar-refractivity contribution in [1.29, 1.82) is 0 Å². The van der Waals surface area contributed by atoms with Gasteiger partial charge in [0.05, 0.1) is 17.1 Å². The zero-order valence-corrected chi connectivity index (χ0v) is 10.2. The highest BCUT2D eigenvalue weighted by Gasteiger charge is 2.16. The molecule has 0 aliphatic rings. The van der Waals surface area contributed by atoms with E-state index in [1.807, 2.05) is 0 Å². The first-order chi connectivity index (χ1) is 8.95. The maximum absolute atomic E-state index is 11.7. The number of esters is 1. The molecule has 1 aromatic carbocycles. The first-order valence-electron chi connectivity index (χ1n) is 5.43. The molecule has 1 rings (SSSR count). The van der Waals surface area contributed by atoms with Crippen LogP contribution >= 0.6 is 0 Å². The van der Waals surface area contributed by atoms with Crippen LogP contribution in [0, 0.1) is 10.1 Å². The van der Waals surface area contributed by atoms with Gasteiger partial charge in [0.1, 0.15) is 6.54 Å². The number of non-ortho nitro benzene ring substituents is 1. The molecular formula is C11H13N3O5. The number of nitro groups is 1. The number of nitrogens with one attached hydrogen (secondary N) is 1. The summed E-state index contributed by atoms with van der Waals surface area (Å²) >= 11 is 0. The van der Waals surface area contributed by atoms with Gasteiger partial charge in [0.2, 0.25) is 0 Å². The summed E-state index contributed by atoms with van der Waals surface area (Å²) in [5.74, 6) is -1.27. The number of nitrogens with two attached hydrogens (primary N) is 1. The molecule has 0 aromatic heterocycles. The molecule has 1 amide bonds. The van der Waals surface area contributed by atoms with Gasteiger partial charge in [-0.2, -0.15) is 0 Å². The molecule has 0 radical (unpaired) electrons. The molecule has 0 aliphatic carbocycles. The SMILES string of the molecule is CCOC(=O)CNC(=O)c1cc([N+](=O)[O-])ccc1N. The second-order valence-corrected chi connectivity index (χ2v) is 3.52. The number of hydrogen-bond donors (Lipinski definition) is 2. The van der Waals surface area contributed by atoms with E-state index in [9.17, 15) is 19.7 Å². The van der Waals surface area contributed by atoms with Crippen LogP contribution in [0.5, 0.6) is 0 Å². The van der Waals surface area contributed by atoms with Gasteiger partial charge in [-0.3, -0.25) is 19.7 Å². The Labute approximate surface area is 108 Å². The third kappa shape index (κ3) is 3.95. The van der Waals surface area contributed by atoms with Gasteiger partial charge in [-0.05, 0) is 13.0 Å². The number of carbonyl (C=O) groups is 2. The zero-order chi connectivity index (χ0) is 14.4. The minimum Gasteiger partial charge on any atom is -0.465 e. The molecule has 0 atom stereocenters. The first kappa shape index (κ1) is 14.4. The number of nitrogen functional groups attached to an aromatic ring is 1. The van der Waals surface area contributed by atoms with Crippen LogP contribution in [0.15, 0.2) is 18.2 Å². The molecular weight excluding hydrogens is 254 g/mol. The smallest absolute Gasteiger partial charge is 0.325 e. The Morgan fingerprint density at radius 3 is 2.74 bits per heavy atom. The summed E-state index contributed by atoms with van der Waals surface area (Å²) in [6, 6.07) is 3.50. The van der Waals surface area contributed by atoms with Crippen LogP contribution in [0.3, 0.4) is 0 Å². The van der Waals surface area contributed by atoms with Crippen LogP contribution in [-0.2, 0) is 9.53 Å². The van der Waals surface area contributed by atoms with E-state index >= 15 is 0 Å². The van der Waals surface area contributed by atoms with Gasteiger partial charge in [0, 0.05) is 17.8 Å². The van der Waals surface area contributed by atoms with Crippen molar-refractivity contribution in [1.82, 2.24) is 5.32 Å². The van der Waals surface area contributed by atoms with E-state index in [1.54, 1.807) is 6.92 Å². The quantitative estimate of drug-likeness (QED) is 0.346. The van der Waals surface area contributed by atoms with E-state index in [2.05, 4.69) is 10.1 Å². The summed E-state index contributed by atoms with van der Waals surface area (Å²) < 4.78 is 4.63. The largest absolute Gasteiger partial charge is 0.465 e. The van der Waals surface area contributed by atoms with Gasteiger partial charge in [-0.1, -0.05) is 0 Å². The van der Waals surface area contributed by atoms with Crippen molar-refractivity contribution in [3.8, 4) is 0 Å². The number of benzene rings is 1. The fourth-order valence-electron chi connectivity index (χ4n) is 1.31. The molecule has 1 aromatic rings. The summed E-state index contributed by atoms with van der Waals surface area (Å²) in [5.41, 5.74) is 5.33. The Morgan fingerprint density at radius 1 is 1.47 bits per heavy atom. The van der Waals surface area contributed by atoms with E-state index < -0.39 is 16.8 Å². The topological polar surface area (TPSA) is 125 Å². The van der Waals surface area contributed by atoms with Crippen LogP contribution in [0.2, 0.25) is 0 Å². The van der Waals surface area contributed by atoms with Gasteiger partial charge in [0.15, 0.2) is 0 Å². The molecule has 8 nitrogen and oxygen atoms in total. The zero-order valence-electron chi connectivity index (χ0n) is 10.2. The predicted octanol–water partition coefficient (Wildman–Crippen LogP) is 0.470. The predicted molar refractivity (Wildman–Crippen MR) is 66.5 cm³/mol. The lowest BCUT2D eigenvalue weighted by atomic mass is 10.1. The lowest BCUT2D eigenvalue weighted by Crippen LogP contribution is -2.31. The molecule has 3 N–H and O–H groups in total. The third-order valence-corrected chi connectivity index (χ3v) is 2.19. The standard InChI is InChI=1S/C11H13N3O5/c1-2-19-10(15)6-13-11(16)8-5-7(14(17)18)3-4-9(8)12/h3-5H,2,6,12H2,1H3,(H,13,16). The average molecular weight is 267 g/mol. The van der Waals surface area contributed by atoms with Crippen LogP contribution in [0.25, 0.3) is 0 Å². The van der Waals surface area contributed by atoms with Crippen molar-refractivity contribution >= 4 is 23.3 Å². The molecule has 19 heavy (non-hydrogen) atoms. The van der Waals surface area contributed by atoms with E-state index in [1.165, 1.54) is 12.1 Å². The Morgan fingerprint density at radius 2 is 2.16 bits per heavy atom. The van der Waals surface area contributed by atoms with Crippen LogP contribution in [-0.4, -0.2) is 30.0 Å². The molecule has 8 heteroatoms. The number of ether oxygens (including phenoxy) is 1. The highest BCUT2D eigenvalue weighted by Crippen LogP contribution is 2.19. The van der Waals surface area contributed by atoms with Gasteiger partial charge in [-0.15, -0.1) is 0 Å². The van der Waals surface area contributed by atoms with Crippen LogP contribution in [0.4, 0.5) is 11.4 Å². The Bertz CT molecular complexity index is 515. The van der Waals surface area contributed by atoms with Crippen molar-refractivity contribution in [2.24, 2.45) is 0 Å². The van der Waals surface area contributed by atoms with Crippen molar-refractivity contribution in [3.63, 3.8) is 0 Å².